The minimum absolute atomic E-state index is 0.131. The van der Waals surface area contributed by atoms with Gasteiger partial charge in [0.15, 0.2) is 0 Å². The van der Waals surface area contributed by atoms with Crippen LogP contribution in [0.5, 0.6) is 11.5 Å². The lowest BCUT2D eigenvalue weighted by molar-refractivity contribution is -0.274. The highest BCUT2D eigenvalue weighted by Gasteiger charge is 2.31. The van der Waals surface area contributed by atoms with Crippen molar-refractivity contribution in [3.63, 3.8) is 0 Å². The monoisotopic (exact) mass is 539 g/mol. The van der Waals surface area contributed by atoms with Crippen LogP contribution in [0, 0.1) is 25.9 Å². The Morgan fingerprint density at radius 3 is 2.08 bits per heavy atom. The second-order valence-corrected chi connectivity index (χ2v) is 8.53. The standard InChI is InChI=1S/C25H28F3NO5.2C2H6/c1-7-12-32-22-16(3)19(17-8-10-18(11-9-17)33-25(26,27)28)13-15(2)21(22)20(30)14-29-23(31)34-24(4,5)6;2*1-2/h8-11,13,20,30H,14H2,1-6H3,(H,29,31);2*1-2H3. The van der Waals surface area contributed by atoms with Gasteiger partial charge in [-0.05, 0) is 63.4 Å². The molecule has 0 spiro atoms. The minimum atomic E-state index is -4.78. The van der Waals surface area contributed by atoms with Crippen LogP contribution in [0.4, 0.5) is 18.0 Å². The fraction of sp³-hybridized carbons (Fsp3) is 0.483. The smallest absolute Gasteiger partial charge is 0.444 e. The third-order valence-corrected chi connectivity index (χ3v) is 4.60. The Kier molecular flexibility index (Phi) is 14.4. The first-order chi connectivity index (χ1) is 17.7. The molecule has 0 aliphatic carbocycles. The van der Waals surface area contributed by atoms with E-state index in [0.29, 0.717) is 33.6 Å². The normalized spacial score (nSPS) is 11.3. The van der Waals surface area contributed by atoms with Crippen LogP contribution in [0.2, 0.25) is 0 Å². The number of carbonyl (C=O) groups excluding carboxylic acids is 1. The zero-order chi connectivity index (χ0) is 29.7. The summed E-state index contributed by atoms with van der Waals surface area (Å²) in [5, 5.41) is 13.4. The maximum Gasteiger partial charge on any atom is 0.573 e. The Morgan fingerprint density at radius 2 is 1.61 bits per heavy atom. The highest BCUT2D eigenvalue weighted by molar-refractivity contribution is 5.73. The van der Waals surface area contributed by atoms with Crippen LogP contribution in [0.15, 0.2) is 30.3 Å². The average Bonchev–Trinajstić information content (AvgIpc) is 2.84. The summed E-state index contributed by atoms with van der Waals surface area (Å²) in [5.74, 6) is 2.60. The molecule has 6 nitrogen and oxygen atoms in total. The Balaban J connectivity index is 0.00000326. The third-order valence-electron chi connectivity index (χ3n) is 4.60. The predicted octanol–water partition coefficient (Wildman–Crippen LogP) is 7.84. The number of amides is 1. The summed E-state index contributed by atoms with van der Waals surface area (Å²) in [6.07, 6.45) is -4.06. The summed E-state index contributed by atoms with van der Waals surface area (Å²) in [5.41, 5.74) is 2.30. The van der Waals surface area contributed by atoms with E-state index in [9.17, 15) is 23.1 Å². The lowest BCUT2D eigenvalue weighted by Gasteiger charge is -2.23. The number of halogens is 3. The third kappa shape index (κ3) is 11.3. The Hall–Kier alpha value is -3.38. The molecule has 0 saturated carbocycles. The van der Waals surface area contributed by atoms with Gasteiger partial charge in [0.05, 0.1) is 6.54 Å². The van der Waals surface area contributed by atoms with E-state index in [2.05, 4.69) is 22.1 Å². The average molecular weight is 540 g/mol. The maximum atomic E-state index is 12.5. The van der Waals surface area contributed by atoms with E-state index in [1.54, 1.807) is 47.6 Å². The van der Waals surface area contributed by atoms with Crippen molar-refractivity contribution < 1.29 is 37.3 Å². The molecule has 1 atom stereocenters. The molecule has 0 bridgehead atoms. The van der Waals surface area contributed by atoms with Crippen molar-refractivity contribution in [1.29, 1.82) is 0 Å². The van der Waals surface area contributed by atoms with E-state index >= 15 is 0 Å². The van der Waals surface area contributed by atoms with E-state index in [0.717, 1.165) is 0 Å². The molecule has 2 rings (SSSR count). The number of alkyl halides is 3. The summed E-state index contributed by atoms with van der Waals surface area (Å²) < 4.78 is 52.1. The Morgan fingerprint density at radius 1 is 1.05 bits per heavy atom. The second kappa shape index (κ2) is 15.8. The van der Waals surface area contributed by atoms with Crippen LogP contribution in [-0.4, -0.2) is 29.7 Å². The zero-order valence-corrected chi connectivity index (χ0v) is 23.9. The van der Waals surface area contributed by atoms with Crippen molar-refractivity contribution >= 4 is 6.09 Å². The lowest BCUT2D eigenvalue weighted by Crippen LogP contribution is -2.35. The van der Waals surface area contributed by atoms with E-state index in [1.165, 1.54) is 24.3 Å². The van der Waals surface area contributed by atoms with Gasteiger partial charge in [-0.3, -0.25) is 0 Å². The van der Waals surface area contributed by atoms with Crippen LogP contribution in [0.25, 0.3) is 11.1 Å². The van der Waals surface area contributed by atoms with Crippen molar-refractivity contribution in [1.82, 2.24) is 5.32 Å². The summed E-state index contributed by atoms with van der Waals surface area (Å²) in [6.45, 7) is 18.1. The van der Waals surface area contributed by atoms with Crippen LogP contribution in [0.1, 0.15) is 78.2 Å². The lowest BCUT2D eigenvalue weighted by atomic mass is 9.91. The summed E-state index contributed by atoms with van der Waals surface area (Å²) >= 11 is 0. The molecule has 0 fully saturated rings. The van der Waals surface area contributed by atoms with Gasteiger partial charge in [0.1, 0.15) is 29.3 Å². The highest BCUT2D eigenvalue weighted by atomic mass is 19.4. The molecule has 0 aromatic heterocycles. The number of hydrogen-bond acceptors (Lipinski definition) is 5. The number of aliphatic hydroxyl groups excluding tert-OH is 1. The largest absolute Gasteiger partial charge is 0.573 e. The molecular weight excluding hydrogens is 499 g/mol. The zero-order valence-electron chi connectivity index (χ0n) is 23.9. The maximum absolute atomic E-state index is 12.5. The predicted molar refractivity (Wildman–Crippen MR) is 144 cm³/mol. The summed E-state index contributed by atoms with van der Waals surface area (Å²) in [4.78, 5) is 12.0. The summed E-state index contributed by atoms with van der Waals surface area (Å²) in [6, 6.07) is 7.22. The van der Waals surface area contributed by atoms with Gasteiger partial charge in [-0.1, -0.05) is 51.8 Å². The van der Waals surface area contributed by atoms with Crippen LogP contribution in [0.3, 0.4) is 0 Å². The molecule has 2 aromatic carbocycles. The summed E-state index contributed by atoms with van der Waals surface area (Å²) in [7, 11) is 0. The Labute approximate surface area is 224 Å². The van der Waals surface area contributed by atoms with Gasteiger partial charge in [0, 0.05) is 18.1 Å². The van der Waals surface area contributed by atoms with Gasteiger partial charge >= 0.3 is 12.5 Å². The van der Waals surface area contributed by atoms with E-state index in [-0.39, 0.29) is 12.3 Å². The number of aryl methyl sites for hydroxylation is 1. The number of rotatable bonds is 6. The van der Waals surface area contributed by atoms with Crippen LogP contribution < -0.4 is 14.8 Å². The van der Waals surface area contributed by atoms with Crippen molar-refractivity contribution in [3.05, 3.63) is 47.0 Å². The number of nitrogens with one attached hydrogen (secondary N) is 1. The van der Waals surface area contributed by atoms with Gasteiger partial charge in [-0.15, -0.1) is 13.2 Å². The quantitative estimate of drug-likeness (QED) is 0.366. The fourth-order valence-corrected chi connectivity index (χ4v) is 3.29. The molecular formula is C29H40F3NO5. The van der Waals surface area contributed by atoms with Crippen molar-refractivity contribution in [3.8, 4) is 34.7 Å². The first kappa shape index (κ1) is 34.6. The first-order valence-corrected chi connectivity index (χ1v) is 12.5. The van der Waals surface area contributed by atoms with E-state index in [4.69, 9.17) is 9.47 Å². The Bertz CT molecular complexity index is 1080. The number of ether oxygens (including phenoxy) is 3. The molecule has 0 heterocycles. The minimum Gasteiger partial charge on any atom is -0.444 e. The molecule has 212 valence electrons. The molecule has 2 N–H and O–H groups in total. The SMILES string of the molecule is CC.CC.CC#COc1c(C)c(-c2ccc(OC(F)(F)F)cc2)cc(C)c1C(O)CNC(=O)OC(C)(C)C. The molecule has 1 unspecified atom stereocenters. The second-order valence-electron chi connectivity index (χ2n) is 8.53. The molecule has 2 aromatic rings. The molecule has 38 heavy (non-hydrogen) atoms. The number of carbonyl (C=O) groups is 1. The molecule has 0 saturated heterocycles. The molecule has 0 radical (unpaired) electrons. The number of alkyl carbamates (subject to hydrolysis) is 1. The van der Waals surface area contributed by atoms with E-state index in [1.807, 2.05) is 27.7 Å². The van der Waals surface area contributed by atoms with Gasteiger partial charge in [-0.2, -0.15) is 0 Å². The van der Waals surface area contributed by atoms with Gasteiger partial charge in [-0.25, -0.2) is 4.79 Å². The van der Waals surface area contributed by atoms with Crippen molar-refractivity contribution in [2.75, 3.05) is 6.54 Å². The van der Waals surface area contributed by atoms with Crippen LogP contribution in [-0.2, 0) is 4.74 Å². The number of benzene rings is 2. The van der Waals surface area contributed by atoms with Crippen molar-refractivity contribution in [2.24, 2.45) is 0 Å². The van der Waals surface area contributed by atoms with Crippen LogP contribution >= 0.6 is 0 Å². The molecule has 0 aliphatic heterocycles. The fourth-order valence-electron chi connectivity index (χ4n) is 3.29. The number of aliphatic hydroxyl groups is 1. The number of hydrogen-bond donors (Lipinski definition) is 2. The molecule has 0 aliphatic rings. The van der Waals surface area contributed by atoms with Gasteiger partial charge in [0.2, 0.25) is 0 Å². The van der Waals surface area contributed by atoms with Crippen molar-refractivity contribution in [2.45, 2.75) is 87.3 Å². The topological polar surface area (TPSA) is 77.0 Å². The highest BCUT2D eigenvalue weighted by Crippen LogP contribution is 2.39. The van der Waals surface area contributed by atoms with E-state index < -0.39 is 24.2 Å². The molecule has 9 heteroatoms. The molecule has 1 amide bonds. The van der Waals surface area contributed by atoms with Gasteiger partial charge < -0.3 is 24.6 Å². The van der Waals surface area contributed by atoms with Gasteiger partial charge in [0.25, 0.3) is 0 Å². The first-order valence-electron chi connectivity index (χ1n) is 12.5.